The smallest absolute Gasteiger partial charge is 0.171 e. The van der Waals surface area contributed by atoms with Crippen LogP contribution in [0.25, 0.3) is 0 Å². The van der Waals surface area contributed by atoms with Gasteiger partial charge in [0.1, 0.15) is 0 Å². The minimum Gasteiger partial charge on any atom is -0.181 e. The molecule has 2 rings (SSSR count). The number of H-pyrrole nitrogens is 1. The molecule has 0 atom stereocenters. The van der Waals surface area contributed by atoms with Gasteiger partial charge >= 0.3 is 0 Å². The van der Waals surface area contributed by atoms with Crippen molar-refractivity contribution in [2.24, 2.45) is 0 Å². The first-order chi connectivity index (χ1) is 5.79. The number of aromatic amines is 1. The average molecular weight is 184 g/mol. The Bertz CT molecular complexity index is 255. The highest BCUT2D eigenvalue weighted by atomic mass is 32.1. The number of hydrogen-bond donors (Lipinski definition) is 1. The van der Waals surface area contributed by atoms with Gasteiger partial charge in [-0.2, -0.15) is 14.0 Å². The lowest BCUT2D eigenvalue weighted by Gasteiger charge is -1.61. The van der Waals surface area contributed by atoms with Gasteiger partial charge in [-0.15, -0.1) is 10.2 Å². The molecule has 7 heteroatoms. The summed E-state index contributed by atoms with van der Waals surface area (Å²) in [7, 11) is 0. The van der Waals surface area contributed by atoms with Crippen molar-refractivity contribution >= 4 is 11.7 Å². The Morgan fingerprint density at radius 1 is 1.42 bits per heavy atom. The summed E-state index contributed by atoms with van der Waals surface area (Å²) in [5.74, 6) is 0.676. The predicted octanol–water partition coefficient (Wildman–Crippen LogP) is 0.355. The van der Waals surface area contributed by atoms with Gasteiger partial charge in [-0.3, -0.25) is 0 Å². The molecule has 1 N–H and O–H groups in total. The Morgan fingerprint density at radius 2 is 2.25 bits per heavy atom. The van der Waals surface area contributed by atoms with Gasteiger partial charge in [0.15, 0.2) is 5.82 Å². The number of hydrogen-bond acceptors (Lipinski definition) is 6. The van der Waals surface area contributed by atoms with E-state index in [0.717, 1.165) is 5.69 Å². The summed E-state index contributed by atoms with van der Waals surface area (Å²) < 4.78 is 7.60. The molecule has 0 saturated carbocycles. The van der Waals surface area contributed by atoms with Crippen LogP contribution in [0.15, 0.2) is 6.20 Å². The molecule has 2 aromatic rings. The van der Waals surface area contributed by atoms with Gasteiger partial charge in [0.25, 0.3) is 0 Å². The molecular formula is C5H8N6S. The summed E-state index contributed by atoms with van der Waals surface area (Å²) in [5, 5.41) is 12.7. The molecule has 0 spiro atoms. The van der Waals surface area contributed by atoms with Crippen molar-refractivity contribution in [2.45, 2.75) is 13.8 Å². The van der Waals surface area contributed by atoms with E-state index in [-0.39, 0.29) is 0 Å². The Kier molecular flexibility index (Phi) is 3.27. The molecule has 0 fully saturated rings. The Morgan fingerprint density at radius 3 is 2.42 bits per heavy atom. The van der Waals surface area contributed by atoms with Gasteiger partial charge in [0.05, 0.1) is 23.6 Å². The van der Waals surface area contributed by atoms with Gasteiger partial charge in [-0.1, -0.05) is 5.21 Å². The predicted molar refractivity (Wildman–Crippen MR) is 43.6 cm³/mol. The number of aryl methyl sites for hydroxylation is 2. The minimum absolute atomic E-state index is 0.676. The lowest BCUT2D eigenvalue weighted by Crippen LogP contribution is -1.69. The zero-order chi connectivity index (χ0) is 8.81. The maximum Gasteiger partial charge on any atom is 0.171 e. The van der Waals surface area contributed by atoms with Gasteiger partial charge in [-0.25, -0.2) is 0 Å². The van der Waals surface area contributed by atoms with E-state index in [4.69, 9.17) is 0 Å². The van der Waals surface area contributed by atoms with E-state index >= 15 is 0 Å². The molecule has 0 saturated heterocycles. The summed E-state index contributed by atoms with van der Waals surface area (Å²) in [6.45, 7) is 3.69. The maximum atomic E-state index is 3.85. The molecule has 2 heterocycles. The molecule has 12 heavy (non-hydrogen) atoms. The number of nitrogens with one attached hydrogen (secondary N) is 1. The van der Waals surface area contributed by atoms with E-state index in [1.54, 1.807) is 13.1 Å². The number of nitrogens with zero attached hydrogens (tertiary/aromatic N) is 5. The third kappa shape index (κ3) is 3.15. The number of rotatable bonds is 0. The highest BCUT2D eigenvalue weighted by molar-refractivity contribution is 6.99. The first-order valence-electron chi connectivity index (χ1n) is 3.23. The second kappa shape index (κ2) is 4.50. The molecule has 2 aromatic heterocycles. The molecule has 0 bridgehead atoms. The SMILES string of the molecule is Cc1cnsn1.Cc1nn[nH]n1. The van der Waals surface area contributed by atoms with Crippen LogP contribution in [0, 0.1) is 13.8 Å². The van der Waals surface area contributed by atoms with Crippen LogP contribution in [0.1, 0.15) is 11.5 Å². The largest absolute Gasteiger partial charge is 0.181 e. The molecule has 6 nitrogen and oxygen atoms in total. The van der Waals surface area contributed by atoms with Gasteiger partial charge < -0.3 is 0 Å². The number of aromatic nitrogens is 6. The molecule has 0 aromatic carbocycles. The molecule has 64 valence electrons. The van der Waals surface area contributed by atoms with Crippen LogP contribution >= 0.6 is 11.7 Å². The second-order valence-electron chi connectivity index (χ2n) is 2.01. The van der Waals surface area contributed by atoms with Crippen molar-refractivity contribution in [1.29, 1.82) is 0 Å². The standard InChI is InChI=1S/C3H4N2S.C2H4N4/c1-3-2-4-6-5-3;1-2-3-5-6-4-2/h2H,1H3;1H3,(H,3,4,5,6). The second-order valence-corrected chi connectivity index (χ2v) is 2.56. The fourth-order valence-corrected chi connectivity index (χ4v) is 0.846. The molecule has 0 aliphatic rings. The quantitative estimate of drug-likeness (QED) is 0.639. The van der Waals surface area contributed by atoms with E-state index in [2.05, 4.69) is 29.4 Å². The van der Waals surface area contributed by atoms with E-state index < -0.39 is 0 Å². The average Bonchev–Trinajstić information content (AvgIpc) is 2.63. The molecule has 0 aliphatic heterocycles. The summed E-state index contributed by atoms with van der Waals surface area (Å²) in [4.78, 5) is 0. The van der Waals surface area contributed by atoms with Gasteiger partial charge in [-0.05, 0) is 13.8 Å². The first kappa shape index (κ1) is 8.72. The van der Waals surface area contributed by atoms with Crippen molar-refractivity contribution < 1.29 is 0 Å². The fourth-order valence-electron chi connectivity index (χ4n) is 0.423. The third-order valence-corrected chi connectivity index (χ3v) is 1.49. The maximum absolute atomic E-state index is 3.85. The topological polar surface area (TPSA) is 80.2 Å². The lowest BCUT2D eigenvalue weighted by atomic mass is 10.6. The fraction of sp³-hybridized carbons (Fsp3) is 0.400. The Balaban J connectivity index is 0.000000120. The van der Waals surface area contributed by atoms with E-state index in [0.29, 0.717) is 5.82 Å². The van der Waals surface area contributed by atoms with Crippen molar-refractivity contribution in [2.75, 3.05) is 0 Å². The van der Waals surface area contributed by atoms with Crippen molar-refractivity contribution in [3.8, 4) is 0 Å². The highest BCUT2D eigenvalue weighted by Crippen LogP contribution is 1.87. The normalized spacial score (nSPS) is 8.83. The van der Waals surface area contributed by atoms with Crippen LogP contribution in [-0.2, 0) is 0 Å². The van der Waals surface area contributed by atoms with Crippen molar-refractivity contribution in [3.05, 3.63) is 17.7 Å². The summed E-state index contributed by atoms with van der Waals surface area (Å²) >= 11 is 1.24. The zero-order valence-electron chi connectivity index (χ0n) is 6.72. The van der Waals surface area contributed by atoms with Crippen LogP contribution in [0.5, 0.6) is 0 Å². The van der Waals surface area contributed by atoms with Gasteiger partial charge in [0, 0.05) is 0 Å². The van der Waals surface area contributed by atoms with Crippen LogP contribution in [0.2, 0.25) is 0 Å². The Labute approximate surface area is 73.4 Å². The molecule has 0 aliphatic carbocycles. The lowest BCUT2D eigenvalue weighted by molar-refractivity contribution is 0.881. The number of tetrazole rings is 1. The molecule has 0 amide bonds. The highest BCUT2D eigenvalue weighted by Gasteiger charge is 1.78. The van der Waals surface area contributed by atoms with Gasteiger partial charge in [0.2, 0.25) is 0 Å². The molecule has 0 unspecified atom stereocenters. The van der Waals surface area contributed by atoms with E-state index in [9.17, 15) is 0 Å². The van der Waals surface area contributed by atoms with E-state index in [1.807, 2.05) is 6.92 Å². The van der Waals surface area contributed by atoms with Crippen LogP contribution in [0.4, 0.5) is 0 Å². The van der Waals surface area contributed by atoms with Crippen molar-refractivity contribution in [1.82, 2.24) is 29.4 Å². The Hall–Kier alpha value is -1.37. The van der Waals surface area contributed by atoms with Crippen LogP contribution < -0.4 is 0 Å². The monoisotopic (exact) mass is 184 g/mol. The van der Waals surface area contributed by atoms with Crippen LogP contribution in [-0.4, -0.2) is 29.4 Å². The summed E-state index contributed by atoms with van der Waals surface area (Å²) in [5.41, 5.74) is 1.00. The van der Waals surface area contributed by atoms with Crippen LogP contribution in [0.3, 0.4) is 0 Å². The molecule has 0 radical (unpaired) electrons. The molecular weight excluding hydrogens is 176 g/mol. The van der Waals surface area contributed by atoms with Crippen molar-refractivity contribution in [3.63, 3.8) is 0 Å². The summed E-state index contributed by atoms with van der Waals surface area (Å²) in [6.07, 6.45) is 1.74. The minimum atomic E-state index is 0.676. The van der Waals surface area contributed by atoms with E-state index in [1.165, 1.54) is 11.7 Å². The zero-order valence-corrected chi connectivity index (χ0v) is 7.54. The summed E-state index contributed by atoms with van der Waals surface area (Å²) in [6, 6.07) is 0. The third-order valence-electron chi connectivity index (χ3n) is 0.923. The first-order valence-corrected chi connectivity index (χ1v) is 3.96.